The number of anilines is 1. The van der Waals surface area contributed by atoms with Crippen molar-refractivity contribution in [3.8, 4) is 0 Å². The molecule has 1 aliphatic rings. The highest BCUT2D eigenvalue weighted by molar-refractivity contribution is 5.81. The molecule has 3 rings (SSSR count). The summed E-state index contributed by atoms with van der Waals surface area (Å²) in [6.45, 7) is -0.0146. The number of aliphatic hydroxyl groups excluding tert-OH is 1. The molecular formula is C10H13N5O3. The smallest absolute Gasteiger partial charge is 0.348 e. The lowest BCUT2D eigenvalue weighted by Gasteiger charge is -2.13. The van der Waals surface area contributed by atoms with Crippen molar-refractivity contribution >= 4 is 17.0 Å². The van der Waals surface area contributed by atoms with E-state index in [2.05, 4.69) is 15.0 Å². The van der Waals surface area contributed by atoms with Gasteiger partial charge in [-0.1, -0.05) is 0 Å². The molecule has 96 valence electrons. The number of nitrogens with one attached hydrogen (secondary N) is 1. The number of aromatic amines is 1. The fourth-order valence-corrected chi connectivity index (χ4v) is 2.19. The van der Waals surface area contributed by atoms with Gasteiger partial charge in [0.15, 0.2) is 5.65 Å². The quantitative estimate of drug-likeness (QED) is 0.654. The maximum Gasteiger partial charge on any atom is 0.348 e. The van der Waals surface area contributed by atoms with Gasteiger partial charge in [0.05, 0.1) is 19.0 Å². The number of H-pyrrole nitrogens is 1. The van der Waals surface area contributed by atoms with Gasteiger partial charge in [-0.05, 0) is 12.8 Å². The first-order valence-electron chi connectivity index (χ1n) is 5.67. The minimum absolute atomic E-state index is 0.0146. The lowest BCUT2D eigenvalue weighted by atomic mass is 10.2. The third-order valence-electron chi connectivity index (χ3n) is 3.07. The number of nitrogens with zero attached hydrogens (tertiary/aromatic N) is 3. The summed E-state index contributed by atoms with van der Waals surface area (Å²) in [7, 11) is 0. The minimum Gasteiger partial charge on any atom is -0.394 e. The van der Waals surface area contributed by atoms with E-state index < -0.39 is 5.69 Å². The third-order valence-corrected chi connectivity index (χ3v) is 3.07. The second kappa shape index (κ2) is 4.07. The summed E-state index contributed by atoms with van der Waals surface area (Å²) in [6, 6.07) is 0. The Kier molecular flexibility index (Phi) is 2.53. The van der Waals surface area contributed by atoms with E-state index in [4.69, 9.17) is 15.6 Å². The molecule has 18 heavy (non-hydrogen) atoms. The van der Waals surface area contributed by atoms with Gasteiger partial charge in [0.1, 0.15) is 17.6 Å². The van der Waals surface area contributed by atoms with E-state index >= 15 is 0 Å². The van der Waals surface area contributed by atoms with Crippen LogP contribution in [0.1, 0.15) is 19.1 Å². The molecule has 2 atom stereocenters. The first-order chi connectivity index (χ1) is 8.69. The Morgan fingerprint density at radius 2 is 2.44 bits per heavy atom. The van der Waals surface area contributed by atoms with Crippen LogP contribution >= 0.6 is 0 Å². The second-order valence-corrected chi connectivity index (χ2v) is 4.25. The molecule has 2 aromatic rings. The molecule has 0 aliphatic carbocycles. The Labute approximate surface area is 101 Å². The summed E-state index contributed by atoms with van der Waals surface area (Å²) in [5, 5.41) is 9.04. The zero-order valence-corrected chi connectivity index (χ0v) is 9.54. The van der Waals surface area contributed by atoms with E-state index in [1.165, 1.54) is 0 Å². The molecule has 0 aromatic carbocycles. The Balaban J connectivity index is 2.05. The van der Waals surface area contributed by atoms with Gasteiger partial charge in [-0.2, -0.15) is 4.98 Å². The average Bonchev–Trinajstić information content (AvgIpc) is 2.93. The summed E-state index contributed by atoms with van der Waals surface area (Å²) < 4.78 is 7.30. The first kappa shape index (κ1) is 11.2. The molecule has 1 aliphatic heterocycles. The van der Waals surface area contributed by atoms with Crippen LogP contribution in [0.3, 0.4) is 0 Å². The van der Waals surface area contributed by atoms with Crippen molar-refractivity contribution < 1.29 is 9.84 Å². The molecule has 8 nitrogen and oxygen atoms in total. The van der Waals surface area contributed by atoms with Crippen molar-refractivity contribution in [2.75, 3.05) is 12.3 Å². The lowest BCUT2D eigenvalue weighted by molar-refractivity contribution is -0.0207. The number of aliphatic hydroxyl groups is 1. The van der Waals surface area contributed by atoms with Crippen molar-refractivity contribution in [3.63, 3.8) is 0 Å². The maximum atomic E-state index is 11.3. The van der Waals surface area contributed by atoms with Crippen molar-refractivity contribution in [1.82, 2.24) is 19.5 Å². The average molecular weight is 251 g/mol. The summed E-state index contributed by atoms with van der Waals surface area (Å²) >= 11 is 0. The van der Waals surface area contributed by atoms with E-state index in [1.807, 2.05) is 0 Å². The van der Waals surface area contributed by atoms with Crippen molar-refractivity contribution in [1.29, 1.82) is 0 Å². The van der Waals surface area contributed by atoms with Crippen molar-refractivity contribution in [2.45, 2.75) is 25.2 Å². The Bertz CT molecular complexity index is 634. The molecule has 0 amide bonds. The molecule has 2 aromatic heterocycles. The maximum absolute atomic E-state index is 11.3. The number of nitrogens with two attached hydrogens (primary N) is 1. The molecule has 2 unspecified atom stereocenters. The summed E-state index contributed by atoms with van der Waals surface area (Å²) in [5.41, 5.74) is 6.01. The number of rotatable bonds is 2. The standard InChI is InChI=1S/C10H13N5O3/c11-8-7-9(14-10(17)13-8)15(4-12-7)6-2-1-5(3-16)18-6/h4-6,16H,1-3H2,(H3,11,13,14,17). The van der Waals surface area contributed by atoms with Crippen molar-refractivity contribution in [2.24, 2.45) is 0 Å². The molecule has 8 heteroatoms. The highest BCUT2D eigenvalue weighted by Gasteiger charge is 2.27. The van der Waals surface area contributed by atoms with Gasteiger partial charge in [-0.3, -0.25) is 9.55 Å². The number of hydrogen-bond acceptors (Lipinski definition) is 6. The molecule has 1 saturated heterocycles. The largest absolute Gasteiger partial charge is 0.394 e. The Morgan fingerprint density at radius 3 is 3.17 bits per heavy atom. The summed E-state index contributed by atoms with van der Waals surface area (Å²) in [4.78, 5) is 21.7. The van der Waals surface area contributed by atoms with Crippen LogP contribution in [0.5, 0.6) is 0 Å². The Morgan fingerprint density at radius 1 is 1.61 bits per heavy atom. The van der Waals surface area contributed by atoms with Crippen LogP contribution in [-0.2, 0) is 4.74 Å². The SMILES string of the molecule is Nc1[nH]c(=O)nc2c1ncn2C1CCC(CO)O1. The predicted molar refractivity (Wildman–Crippen MR) is 62.8 cm³/mol. The molecule has 0 saturated carbocycles. The van der Waals surface area contributed by atoms with E-state index in [9.17, 15) is 4.79 Å². The summed E-state index contributed by atoms with van der Waals surface area (Å²) in [6.07, 6.45) is 2.61. The van der Waals surface area contributed by atoms with E-state index in [0.29, 0.717) is 11.2 Å². The molecular weight excluding hydrogens is 238 g/mol. The first-order valence-corrected chi connectivity index (χ1v) is 5.67. The molecule has 0 radical (unpaired) electrons. The van der Waals surface area contributed by atoms with Crippen LogP contribution in [0.4, 0.5) is 5.82 Å². The number of nitrogen functional groups attached to an aromatic ring is 1. The van der Waals surface area contributed by atoms with Gasteiger partial charge < -0.3 is 15.6 Å². The lowest BCUT2D eigenvalue weighted by Crippen LogP contribution is -2.17. The van der Waals surface area contributed by atoms with Crippen LogP contribution in [0.15, 0.2) is 11.1 Å². The Hall–Kier alpha value is -1.93. The van der Waals surface area contributed by atoms with Crippen LogP contribution in [0, 0.1) is 0 Å². The van der Waals surface area contributed by atoms with Crippen LogP contribution in [0.2, 0.25) is 0 Å². The zero-order valence-electron chi connectivity index (χ0n) is 9.54. The minimum atomic E-state index is -0.515. The fraction of sp³-hybridized carbons (Fsp3) is 0.500. The number of hydrogen-bond donors (Lipinski definition) is 3. The van der Waals surface area contributed by atoms with Gasteiger partial charge in [-0.25, -0.2) is 9.78 Å². The van der Waals surface area contributed by atoms with E-state index in [0.717, 1.165) is 12.8 Å². The zero-order chi connectivity index (χ0) is 12.7. The van der Waals surface area contributed by atoms with E-state index in [1.54, 1.807) is 10.9 Å². The highest BCUT2D eigenvalue weighted by atomic mass is 16.5. The molecule has 0 spiro atoms. The van der Waals surface area contributed by atoms with Gasteiger partial charge in [0.2, 0.25) is 0 Å². The van der Waals surface area contributed by atoms with Crippen molar-refractivity contribution in [3.05, 3.63) is 16.8 Å². The van der Waals surface area contributed by atoms with Gasteiger partial charge in [-0.15, -0.1) is 0 Å². The highest BCUT2D eigenvalue weighted by Crippen LogP contribution is 2.30. The number of aromatic nitrogens is 4. The normalized spacial score (nSPS) is 23.8. The van der Waals surface area contributed by atoms with Gasteiger partial charge >= 0.3 is 5.69 Å². The molecule has 4 N–H and O–H groups in total. The number of fused-ring (bicyclic) bond motifs is 1. The van der Waals surface area contributed by atoms with E-state index in [-0.39, 0.29) is 24.8 Å². The second-order valence-electron chi connectivity index (χ2n) is 4.25. The predicted octanol–water partition coefficient (Wildman–Crippen LogP) is -0.628. The monoisotopic (exact) mass is 251 g/mol. The summed E-state index contributed by atoms with van der Waals surface area (Å²) in [5.74, 6) is 0.195. The van der Waals surface area contributed by atoms with Gasteiger partial charge in [0.25, 0.3) is 0 Å². The molecule has 1 fully saturated rings. The number of ether oxygens (including phenoxy) is 1. The molecule has 0 bridgehead atoms. The number of imidazole rings is 1. The molecule has 3 heterocycles. The fourth-order valence-electron chi connectivity index (χ4n) is 2.19. The van der Waals surface area contributed by atoms with Gasteiger partial charge in [0, 0.05) is 0 Å². The third kappa shape index (κ3) is 1.66. The van der Waals surface area contributed by atoms with Crippen LogP contribution in [-0.4, -0.2) is 37.3 Å². The van der Waals surface area contributed by atoms with Crippen LogP contribution in [0.25, 0.3) is 11.2 Å². The topological polar surface area (TPSA) is 119 Å². The van der Waals surface area contributed by atoms with Crippen LogP contribution < -0.4 is 11.4 Å².